The minimum atomic E-state index is -1.17. The number of carbonyl (C=O) groups excluding carboxylic acids is 1. The van der Waals surface area contributed by atoms with Crippen molar-refractivity contribution in [3.05, 3.63) is 46.6 Å². The first-order valence-corrected chi connectivity index (χ1v) is 13.0. The number of hydrogen-bond acceptors (Lipinski definition) is 8. The molecular weight excluding hydrogens is 462 g/mol. The quantitative estimate of drug-likeness (QED) is 0.620. The lowest BCUT2D eigenvalue weighted by Gasteiger charge is -2.63. The summed E-state index contributed by atoms with van der Waals surface area (Å²) in [5.74, 6) is -0.109. The summed E-state index contributed by atoms with van der Waals surface area (Å²) in [6.07, 6.45) is 4.57. The van der Waals surface area contributed by atoms with Gasteiger partial charge in [-0.1, -0.05) is 13.8 Å². The van der Waals surface area contributed by atoms with E-state index in [1.807, 2.05) is 6.92 Å². The predicted molar refractivity (Wildman–Crippen MR) is 129 cm³/mol. The van der Waals surface area contributed by atoms with Gasteiger partial charge in [-0.25, -0.2) is 4.79 Å². The maximum Gasteiger partial charge on any atom is 0.345 e. The number of nitrogens with zero attached hydrogens (tertiary/aromatic N) is 1. The van der Waals surface area contributed by atoms with Gasteiger partial charge in [-0.3, -0.25) is 9.78 Å². The van der Waals surface area contributed by atoms with Crippen molar-refractivity contribution < 1.29 is 28.9 Å². The van der Waals surface area contributed by atoms with E-state index in [9.17, 15) is 19.8 Å². The highest BCUT2D eigenvalue weighted by Gasteiger charge is 2.66. The van der Waals surface area contributed by atoms with E-state index in [0.717, 1.165) is 12.8 Å². The van der Waals surface area contributed by atoms with Crippen molar-refractivity contribution in [3.8, 4) is 17.1 Å². The highest BCUT2D eigenvalue weighted by molar-refractivity contribution is 5.75. The number of carbonyl (C=O) groups is 1. The molecule has 0 spiro atoms. The van der Waals surface area contributed by atoms with Crippen molar-refractivity contribution in [1.29, 1.82) is 0 Å². The zero-order chi connectivity index (χ0) is 25.4. The van der Waals surface area contributed by atoms with Crippen molar-refractivity contribution in [3.63, 3.8) is 0 Å². The Morgan fingerprint density at radius 2 is 2.00 bits per heavy atom. The van der Waals surface area contributed by atoms with Crippen molar-refractivity contribution in [2.45, 2.75) is 76.8 Å². The number of aliphatic hydroxyl groups is 2. The second kappa shape index (κ2) is 8.15. The first kappa shape index (κ1) is 23.7. The highest BCUT2D eigenvalue weighted by Crippen LogP contribution is 2.64. The molecule has 3 heterocycles. The van der Waals surface area contributed by atoms with Crippen LogP contribution < -0.4 is 10.4 Å². The molecule has 8 unspecified atom stereocenters. The molecule has 192 valence electrons. The Kier molecular flexibility index (Phi) is 5.36. The number of aromatic nitrogens is 1. The van der Waals surface area contributed by atoms with E-state index in [0.29, 0.717) is 30.6 Å². The zero-order valence-corrected chi connectivity index (χ0v) is 20.8. The first-order chi connectivity index (χ1) is 17.1. The number of hydrogen-bond donors (Lipinski definition) is 2. The van der Waals surface area contributed by atoms with Crippen LogP contribution in [0.5, 0.6) is 5.75 Å². The van der Waals surface area contributed by atoms with E-state index < -0.39 is 34.8 Å². The van der Waals surface area contributed by atoms with E-state index in [2.05, 4.69) is 18.8 Å². The molecule has 2 aromatic heterocycles. The van der Waals surface area contributed by atoms with Crippen LogP contribution in [-0.2, 0) is 9.53 Å². The number of pyridine rings is 1. The van der Waals surface area contributed by atoms with Gasteiger partial charge in [-0.2, -0.15) is 0 Å². The molecule has 0 bridgehead atoms. The van der Waals surface area contributed by atoms with Gasteiger partial charge in [0.25, 0.3) is 0 Å². The predicted octanol–water partition coefficient (Wildman–Crippen LogP) is 3.64. The first-order valence-electron chi connectivity index (χ1n) is 13.0. The second-order valence-electron chi connectivity index (χ2n) is 11.6. The maximum atomic E-state index is 13.2. The topological polar surface area (TPSA) is 119 Å². The van der Waals surface area contributed by atoms with Gasteiger partial charge in [-0.05, 0) is 68.4 Å². The van der Waals surface area contributed by atoms with Crippen LogP contribution in [0.4, 0.5) is 0 Å². The third-order valence-corrected chi connectivity index (χ3v) is 9.52. The average Bonchev–Trinajstić information content (AvgIpc) is 3.68. The fourth-order valence-corrected chi connectivity index (χ4v) is 7.39. The average molecular weight is 496 g/mol. The van der Waals surface area contributed by atoms with Crippen molar-refractivity contribution >= 4 is 5.97 Å². The number of aliphatic hydroxyl groups excluding tert-OH is 2. The molecule has 8 nitrogen and oxygen atoms in total. The number of fused-ring (bicyclic) bond motifs is 4. The Balaban J connectivity index is 1.37. The normalized spacial score (nSPS) is 39.2. The lowest BCUT2D eigenvalue weighted by atomic mass is 9.46. The Bertz CT molecular complexity index is 1240. The van der Waals surface area contributed by atoms with Gasteiger partial charge in [-0.15, -0.1) is 0 Å². The summed E-state index contributed by atoms with van der Waals surface area (Å²) in [7, 11) is 0. The van der Waals surface area contributed by atoms with Crippen LogP contribution in [-0.4, -0.2) is 39.0 Å². The Morgan fingerprint density at radius 1 is 1.22 bits per heavy atom. The van der Waals surface area contributed by atoms with Crippen LogP contribution in [0.2, 0.25) is 0 Å². The summed E-state index contributed by atoms with van der Waals surface area (Å²) in [6, 6.07) is 5.13. The van der Waals surface area contributed by atoms with Crippen LogP contribution in [0.25, 0.3) is 11.3 Å². The fourth-order valence-electron chi connectivity index (χ4n) is 7.39. The molecule has 8 heteroatoms. The van der Waals surface area contributed by atoms with E-state index in [4.69, 9.17) is 13.9 Å². The molecule has 0 radical (unpaired) electrons. The van der Waals surface area contributed by atoms with Crippen molar-refractivity contribution in [2.24, 2.45) is 29.1 Å². The summed E-state index contributed by atoms with van der Waals surface area (Å²) in [5, 5.41) is 23.2. The van der Waals surface area contributed by atoms with Gasteiger partial charge >= 0.3 is 11.6 Å². The molecule has 36 heavy (non-hydrogen) atoms. The lowest BCUT2D eigenvalue weighted by Crippen LogP contribution is -2.68. The summed E-state index contributed by atoms with van der Waals surface area (Å²) in [5.41, 5.74) is -1.49. The molecule has 1 aliphatic heterocycles. The van der Waals surface area contributed by atoms with Gasteiger partial charge in [0, 0.05) is 29.9 Å². The Morgan fingerprint density at radius 3 is 2.69 bits per heavy atom. The second-order valence-corrected chi connectivity index (χ2v) is 11.6. The van der Waals surface area contributed by atoms with E-state index in [1.54, 1.807) is 30.6 Å². The van der Waals surface area contributed by atoms with Crippen molar-refractivity contribution in [1.82, 2.24) is 4.98 Å². The molecule has 3 fully saturated rings. The minimum Gasteiger partial charge on any atom is -0.484 e. The summed E-state index contributed by atoms with van der Waals surface area (Å²) >= 11 is 0. The van der Waals surface area contributed by atoms with Crippen LogP contribution >= 0.6 is 0 Å². The van der Waals surface area contributed by atoms with E-state index >= 15 is 0 Å². The van der Waals surface area contributed by atoms with Gasteiger partial charge < -0.3 is 24.1 Å². The zero-order valence-electron chi connectivity index (χ0n) is 20.8. The van der Waals surface area contributed by atoms with Crippen molar-refractivity contribution in [2.75, 3.05) is 0 Å². The third-order valence-electron chi connectivity index (χ3n) is 9.52. The van der Waals surface area contributed by atoms with Gasteiger partial charge in [0.15, 0.2) is 0 Å². The molecular formula is C28H33NO7. The van der Waals surface area contributed by atoms with E-state index in [1.165, 1.54) is 0 Å². The molecule has 0 aromatic carbocycles. The van der Waals surface area contributed by atoms with Crippen LogP contribution in [0.1, 0.15) is 64.5 Å². The van der Waals surface area contributed by atoms with E-state index in [-0.39, 0.29) is 41.1 Å². The summed E-state index contributed by atoms with van der Waals surface area (Å²) < 4.78 is 17.9. The molecule has 4 aliphatic rings. The van der Waals surface area contributed by atoms with Crippen LogP contribution in [0.15, 0.2) is 39.8 Å². The monoisotopic (exact) mass is 495 g/mol. The summed E-state index contributed by atoms with van der Waals surface area (Å²) in [4.78, 5) is 29.6. The third kappa shape index (κ3) is 3.44. The number of ether oxygens (including phenoxy) is 2. The van der Waals surface area contributed by atoms with Gasteiger partial charge in [0.05, 0.1) is 18.1 Å². The largest absolute Gasteiger partial charge is 0.484 e. The fraction of sp³-hybridized carbons (Fsp3) is 0.607. The van der Waals surface area contributed by atoms with Crippen LogP contribution in [0.3, 0.4) is 0 Å². The summed E-state index contributed by atoms with van der Waals surface area (Å²) in [6.45, 7) is 6.02. The minimum absolute atomic E-state index is 0.00335. The number of rotatable bonds is 3. The lowest BCUT2D eigenvalue weighted by molar-refractivity contribution is -0.244. The van der Waals surface area contributed by atoms with Gasteiger partial charge in [0.2, 0.25) is 0 Å². The maximum absolute atomic E-state index is 13.2. The molecule has 0 saturated heterocycles. The molecule has 3 aliphatic carbocycles. The molecule has 2 N–H and O–H groups in total. The smallest absolute Gasteiger partial charge is 0.345 e. The van der Waals surface area contributed by atoms with Gasteiger partial charge in [0.1, 0.15) is 28.8 Å². The molecule has 3 saturated carbocycles. The standard InChI is InChI=1S/C28H33NO7/c1-14-17-11-21(30)28(3)24(27(17,2)9-8-18(14)34-25(32)15-6-7-15)23(31)22-20(36-28)12-19(35-26(22)33)16-5-4-10-29-13-16/h4-5,10,12-15,17-18,21,23-24,30-31H,6-9,11H2,1-3H3. The molecule has 6 rings (SSSR count). The molecule has 2 aromatic rings. The Hall–Kier alpha value is -2.71. The van der Waals surface area contributed by atoms with Crippen LogP contribution in [0, 0.1) is 29.1 Å². The molecule has 8 atom stereocenters. The Labute approximate surface area is 209 Å². The molecule has 0 amide bonds. The highest BCUT2D eigenvalue weighted by atomic mass is 16.5. The number of esters is 1. The SMILES string of the molecule is CC1C(OC(=O)C2CC2)CCC2(C)C1CC(O)C1(C)Oc3cc(-c4cccnc4)oc(=O)c3C(O)C21.